The highest BCUT2D eigenvalue weighted by Crippen LogP contribution is 2.48. The van der Waals surface area contributed by atoms with E-state index in [1.165, 1.54) is 16.9 Å². The maximum atomic E-state index is 11.7. The molecule has 26 heavy (non-hydrogen) atoms. The van der Waals surface area contributed by atoms with Crippen molar-refractivity contribution in [3.05, 3.63) is 0 Å². The quantitative estimate of drug-likeness (QED) is 0.180. The van der Waals surface area contributed by atoms with Crippen molar-refractivity contribution in [2.75, 3.05) is 26.8 Å². The molecule has 4 atom stereocenters. The molecule has 1 saturated heterocycles. The zero-order valence-corrected chi connectivity index (χ0v) is 14.1. The number of amides is 1. The predicted octanol–water partition coefficient (Wildman–Crippen LogP) is -5.20. The van der Waals surface area contributed by atoms with Crippen LogP contribution >= 0.6 is 0 Å². The molecular formula is C13H23N7O6. The number of guanidine groups is 2. The van der Waals surface area contributed by atoms with Crippen molar-refractivity contribution < 1.29 is 30.1 Å². The van der Waals surface area contributed by atoms with Crippen molar-refractivity contribution in [2.24, 2.45) is 21.5 Å². The highest BCUT2D eigenvalue weighted by atomic mass is 16.6. The molecule has 0 aromatic rings. The highest BCUT2D eigenvalue weighted by molar-refractivity contribution is 5.87. The smallest absolute Gasteiger partial charge is 0.245 e. The number of rotatable bonds is 5. The molecule has 146 valence electrons. The molecule has 13 nitrogen and oxygen atoms in total. The Kier molecular flexibility index (Phi) is 4.44. The van der Waals surface area contributed by atoms with Crippen molar-refractivity contribution in [2.45, 2.75) is 36.1 Å². The predicted molar refractivity (Wildman–Crippen MR) is 87.0 cm³/mol. The minimum atomic E-state index is -2.69. The van der Waals surface area contributed by atoms with Crippen molar-refractivity contribution in [1.29, 1.82) is 0 Å². The number of aliphatic imine (C=N–C) groups is 2. The molecule has 0 saturated carbocycles. The van der Waals surface area contributed by atoms with Gasteiger partial charge in [0.15, 0.2) is 11.9 Å². The molecule has 0 aliphatic carbocycles. The number of nitrogens with two attached hydrogens (primary N) is 2. The lowest BCUT2D eigenvalue weighted by molar-refractivity contribution is -0.256. The maximum absolute atomic E-state index is 11.7. The Hall–Kier alpha value is -2.19. The van der Waals surface area contributed by atoms with Crippen LogP contribution in [0.2, 0.25) is 0 Å². The molecule has 0 radical (unpaired) electrons. The standard InChI is InChI=1S/C13H23N7O6/c1-26-18-8(23)2-3-19-9-6(5-21)16-10(14)20-4-7(22)13(24,25)12(9,20)17-11(19)15/h6-7,9,21-22,24-25H,2-5H2,1H3,(H2,14,16)(H2,15,17)(H,18,23)/t6-,7-,9-,12-/m0/s1. The van der Waals surface area contributed by atoms with Crippen LogP contribution in [0.1, 0.15) is 6.42 Å². The zero-order chi connectivity index (χ0) is 19.3. The van der Waals surface area contributed by atoms with Crippen LogP contribution < -0.4 is 16.9 Å². The van der Waals surface area contributed by atoms with Crippen LogP contribution in [0, 0.1) is 0 Å². The first-order valence-electron chi connectivity index (χ1n) is 7.99. The molecule has 3 rings (SSSR count). The number of hydroxylamine groups is 1. The Morgan fingerprint density at radius 2 is 2.12 bits per heavy atom. The number of aliphatic hydroxyl groups excluding tert-OH is 2. The lowest BCUT2D eigenvalue weighted by atomic mass is 9.85. The van der Waals surface area contributed by atoms with E-state index in [1.54, 1.807) is 0 Å². The third-order valence-corrected chi connectivity index (χ3v) is 5.02. The van der Waals surface area contributed by atoms with Gasteiger partial charge < -0.3 is 41.7 Å². The lowest BCUT2D eigenvalue weighted by Gasteiger charge is -2.49. The number of aliphatic hydroxyl groups is 4. The van der Waals surface area contributed by atoms with E-state index in [-0.39, 0.29) is 31.4 Å². The first kappa shape index (κ1) is 18.6. The Morgan fingerprint density at radius 3 is 2.73 bits per heavy atom. The lowest BCUT2D eigenvalue weighted by Crippen LogP contribution is -2.73. The molecule has 1 fully saturated rings. The Balaban J connectivity index is 2.00. The second-order valence-corrected chi connectivity index (χ2v) is 6.40. The molecular weight excluding hydrogens is 350 g/mol. The van der Waals surface area contributed by atoms with E-state index in [4.69, 9.17) is 11.5 Å². The summed E-state index contributed by atoms with van der Waals surface area (Å²) in [5.74, 6) is -3.31. The van der Waals surface area contributed by atoms with Crippen LogP contribution in [0.15, 0.2) is 9.98 Å². The van der Waals surface area contributed by atoms with Gasteiger partial charge in [-0.25, -0.2) is 15.5 Å². The normalized spacial score (nSPS) is 34.9. The molecule has 0 aromatic heterocycles. The summed E-state index contributed by atoms with van der Waals surface area (Å²) in [6, 6.07) is -1.85. The van der Waals surface area contributed by atoms with Crippen LogP contribution in [0.3, 0.4) is 0 Å². The molecule has 3 aliphatic heterocycles. The van der Waals surface area contributed by atoms with Crippen LogP contribution in [-0.4, -0.2) is 104 Å². The molecule has 1 amide bonds. The summed E-state index contributed by atoms with van der Waals surface area (Å²) >= 11 is 0. The van der Waals surface area contributed by atoms with Crippen LogP contribution in [-0.2, 0) is 9.63 Å². The van der Waals surface area contributed by atoms with Crippen LogP contribution in [0.25, 0.3) is 0 Å². The minimum Gasteiger partial charge on any atom is -0.394 e. The average Bonchev–Trinajstić information content (AvgIpc) is 2.98. The van der Waals surface area contributed by atoms with Gasteiger partial charge in [0, 0.05) is 13.0 Å². The van der Waals surface area contributed by atoms with E-state index in [9.17, 15) is 25.2 Å². The van der Waals surface area contributed by atoms with Crippen molar-refractivity contribution >= 4 is 17.8 Å². The van der Waals surface area contributed by atoms with Gasteiger partial charge in [-0.3, -0.25) is 9.63 Å². The first-order valence-corrected chi connectivity index (χ1v) is 7.99. The topological polar surface area (TPSA) is 202 Å². The third-order valence-electron chi connectivity index (χ3n) is 5.02. The summed E-state index contributed by atoms with van der Waals surface area (Å²) < 4.78 is 0. The van der Waals surface area contributed by atoms with Gasteiger partial charge in [-0.2, -0.15) is 0 Å². The van der Waals surface area contributed by atoms with Gasteiger partial charge in [0.05, 0.1) is 20.3 Å². The van der Waals surface area contributed by atoms with Gasteiger partial charge in [-0.05, 0) is 0 Å². The highest BCUT2D eigenvalue weighted by Gasteiger charge is 2.74. The number of carbonyl (C=O) groups is 1. The van der Waals surface area contributed by atoms with Crippen molar-refractivity contribution in [3.8, 4) is 0 Å². The monoisotopic (exact) mass is 373 g/mol. The summed E-state index contributed by atoms with van der Waals surface area (Å²) in [5, 5.41) is 41.2. The van der Waals surface area contributed by atoms with Gasteiger partial charge in [0.25, 0.3) is 0 Å². The Labute approximate surface area is 148 Å². The minimum absolute atomic E-state index is 0.0413. The van der Waals surface area contributed by atoms with Crippen molar-refractivity contribution in [1.82, 2.24) is 15.3 Å². The van der Waals surface area contributed by atoms with Gasteiger partial charge >= 0.3 is 0 Å². The molecule has 1 spiro atoms. The van der Waals surface area contributed by atoms with Crippen LogP contribution in [0.4, 0.5) is 0 Å². The van der Waals surface area contributed by atoms with E-state index in [1.807, 2.05) is 0 Å². The fourth-order valence-corrected chi connectivity index (χ4v) is 3.90. The Morgan fingerprint density at radius 1 is 1.42 bits per heavy atom. The maximum Gasteiger partial charge on any atom is 0.245 e. The van der Waals surface area contributed by atoms with E-state index in [0.29, 0.717) is 0 Å². The molecule has 0 aromatic carbocycles. The SMILES string of the molecule is CONC(=O)CCN1C(N)=N[C@@]23[C@@H]1[C@H](CO)N=C(N)N2C[C@H](O)C3(O)O. The van der Waals surface area contributed by atoms with Gasteiger partial charge in [-0.1, -0.05) is 0 Å². The number of hydrogen-bond donors (Lipinski definition) is 7. The van der Waals surface area contributed by atoms with Gasteiger partial charge in [0.1, 0.15) is 18.2 Å². The average molecular weight is 373 g/mol. The van der Waals surface area contributed by atoms with Gasteiger partial charge in [0.2, 0.25) is 17.4 Å². The second kappa shape index (κ2) is 6.21. The van der Waals surface area contributed by atoms with Crippen molar-refractivity contribution in [3.63, 3.8) is 0 Å². The fourth-order valence-electron chi connectivity index (χ4n) is 3.90. The molecule has 9 N–H and O–H groups in total. The second-order valence-electron chi connectivity index (χ2n) is 6.40. The third kappa shape index (κ3) is 2.32. The van der Waals surface area contributed by atoms with E-state index in [2.05, 4.69) is 20.3 Å². The van der Waals surface area contributed by atoms with E-state index < -0.39 is 42.2 Å². The molecule has 0 unspecified atom stereocenters. The van der Waals surface area contributed by atoms with Gasteiger partial charge in [-0.15, -0.1) is 0 Å². The number of carbonyl (C=O) groups excluding carboxylic acids is 1. The summed E-state index contributed by atoms with van der Waals surface area (Å²) in [7, 11) is 1.29. The fraction of sp³-hybridized carbons (Fsp3) is 0.769. The number of nitrogens with one attached hydrogen (secondary N) is 1. The van der Waals surface area contributed by atoms with Crippen LogP contribution in [0.5, 0.6) is 0 Å². The molecule has 3 aliphatic rings. The summed E-state index contributed by atoms with van der Waals surface area (Å²) in [4.78, 5) is 27.3. The zero-order valence-electron chi connectivity index (χ0n) is 14.1. The summed E-state index contributed by atoms with van der Waals surface area (Å²) in [5.41, 5.74) is 12.2. The number of nitrogens with zero attached hydrogens (tertiary/aromatic N) is 4. The molecule has 13 heteroatoms. The first-order chi connectivity index (χ1) is 12.2. The Bertz CT molecular complexity index is 655. The number of hydrogen-bond acceptors (Lipinski definition) is 12. The molecule has 0 bridgehead atoms. The largest absolute Gasteiger partial charge is 0.394 e. The van der Waals surface area contributed by atoms with E-state index in [0.717, 1.165) is 0 Å². The molecule has 3 heterocycles. The van der Waals surface area contributed by atoms with E-state index >= 15 is 0 Å². The summed E-state index contributed by atoms with van der Waals surface area (Å²) in [6.45, 7) is -0.661. The summed E-state index contributed by atoms with van der Waals surface area (Å²) in [6.07, 6.45) is -1.63.